The Morgan fingerprint density at radius 3 is 1.64 bits per heavy atom. The molecule has 1 fully saturated rings. The van der Waals surface area contributed by atoms with Gasteiger partial charge in [0.15, 0.2) is 0 Å². The van der Waals surface area contributed by atoms with Crippen LogP contribution in [0.15, 0.2) is 0 Å². The van der Waals surface area contributed by atoms with Crippen molar-refractivity contribution in [3.05, 3.63) is 0 Å². The highest BCUT2D eigenvalue weighted by Gasteiger charge is 2.30. The van der Waals surface area contributed by atoms with Crippen LogP contribution < -0.4 is 5.32 Å². The summed E-state index contributed by atoms with van der Waals surface area (Å²) in [4.78, 5) is 59.0. The molecule has 0 spiro atoms. The van der Waals surface area contributed by atoms with E-state index in [9.17, 15) is 24.3 Å². The molecule has 2 N–H and O–H groups in total. The molecule has 0 aromatic rings. The van der Waals surface area contributed by atoms with E-state index in [0.717, 1.165) is 0 Å². The second-order valence-corrected chi connectivity index (χ2v) is 15.4. The summed E-state index contributed by atoms with van der Waals surface area (Å²) >= 11 is 1.56. The molecule has 0 aromatic heterocycles. The van der Waals surface area contributed by atoms with Gasteiger partial charge in [0.25, 0.3) is 0 Å². The Kier molecular flexibility index (Phi) is 17.8. The highest BCUT2D eigenvalue weighted by atomic mass is 32.2. The molecule has 47 heavy (non-hydrogen) atoms. The maximum Gasteiger partial charge on any atom is 0.410 e. The van der Waals surface area contributed by atoms with Crippen LogP contribution in [0.2, 0.25) is 0 Å². The number of carbonyl (C=O) groups excluding carboxylic acids is 4. The molecule has 2 unspecified atom stereocenters. The molecule has 0 aliphatic carbocycles. The van der Waals surface area contributed by atoms with Gasteiger partial charge in [-0.15, -0.1) is 0 Å². The van der Waals surface area contributed by atoms with Crippen LogP contribution in [0.5, 0.6) is 0 Å². The zero-order chi connectivity index (χ0) is 36.0. The third-order valence-corrected chi connectivity index (χ3v) is 7.29. The smallest absolute Gasteiger partial charge is 0.410 e. The largest absolute Gasteiger partial charge is 0.464 e. The predicted octanol–water partition coefficient (Wildman–Crippen LogP) is 2.97. The van der Waals surface area contributed by atoms with Crippen LogP contribution in [-0.4, -0.2) is 156 Å². The Morgan fingerprint density at radius 1 is 0.766 bits per heavy atom. The fourth-order valence-electron chi connectivity index (χ4n) is 4.43. The van der Waals surface area contributed by atoms with Gasteiger partial charge in [-0.1, -0.05) is 0 Å². The van der Waals surface area contributed by atoms with Gasteiger partial charge in [0.05, 0.1) is 18.8 Å². The lowest BCUT2D eigenvalue weighted by Crippen LogP contribution is -2.53. The monoisotopic (exact) mass is 691 g/mol. The summed E-state index contributed by atoms with van der Waals surface area (Å²) in [6.45, 7) is 19.8. The van der Waals surface area contributed by atoms with Crippen molar-refractivity contribution >= 4 is 35.8 Å². The third kappa shape index (κ3) is 18.7. The number of aliphatic hydroxyl groups excluding tert-OH is 1. The Hall–Kier alpha value is -2.33. The minimum atomic E-state index is -1.29. The molecule has 1 aliphatic rings. The number of carbonyl (C=O) groups is 4. The van der Waals surface area contributed by atoms with Crippen LogP contribution in [0.3, 0.4) is 0 Å². The first kappa shape index (κ1) is 42.7. The van der Waals surface area contributed by atoms with E-state index in [1.165, 1.54) is 0 Å². The summed E-state index contributed by atoms with van der Waals surface area (Å²) in [5.74, 6) is -0.203. The molecule has 3 amide bonds. The zero-order valence-corrected chi connectivity index (χ0v) is 31.4. The van der Waals surface area contributed by atoms with Gasteiger partial charge < -0.3 is 39.2 Å². The van der Waals surface area contributed by atoms with E-state index < -0.39 is 47.4 Å². The molecular weight excluding hydrogens is 630 g/mol. The van der Waals surface area contributed by atoms with Crippen LogP contribution in [-0.2, 0) is 28.5 Å². The van der Waals surface area contributed by atoms with Crippen LogP contribution in [0, 0.1) is 0 Å². The average molecular weight is 692 g/mol. The lowest BCUT2D eigenvalue weighted by molar-refractivity contribution is -0.239. The first-order valence-electron chi connectivity index (χ1n) is 16.4. The van der Waals surface area contributed by atoms with Crippen molar-refractivity contribution in [1.82, 2.24) is 24.9 Å². The summed E-state index contributed by atoms with van der Waals surface area (Å²) in [5, 5.41) is 13.8. The molecule has 15 heteroatoms. The van der Waals surface area contributed by atoms with Crippen molar-refractivity contribution in [2.24, 2.45) is 0 Å². The fraction of sp³-hybridized carbons (Fsp3) is 0.875. The number of thioether (sulfide) groups is 1. The van der Waals surface area contributed by atoms with Crippen molar-refractivity contribution in [2.75, 3.05) is 77.5 Å². The van der Waals surface area contributed by atoms with Crippen molar-refractivity contribution in [3.63, 3.8) is 0 Å². The van der Waals surface area contributed by atoms with E-state index in [-0.39, 0.29) is 71.4 Å². The SMILES string of the molecule is CCOC(=O)C(CCSC)NC(=O)CN1CCN(C(=O)OC(C)(C)C)CCN(C(O)OC(C)(C)C)CCN(C(=O)OC(C)(C)C)CC1. The standard InChI is InChI=1S/C32H61N5O9S/c1-12-43-26(39)24(13-22-47-11)33-25(38)23-34-14-16-35(27(40)44-30(2,3)4)18-20-37(29(42)46-32(8,9)10)21-19-36(17-15-34)28(41)45-31(5,6)7/h24,29,42H,12-23H2,1-11H3,(H,33,38). The van der Waals surface area contributed by atoms with Crippen LogP contribution in [0.1, 0.15) is 75.7 Å². The molecule has 0 bridgehead atoms. The van der Waals surface area contributed by atoms with Crippen LogP contribution in [0.4, 0.5) is 9.59 Å². The zero-order valence-electron chi connectivity index (χ0n) is 30.6. The minimum Gasteiger partial charge on any atom is -0.464 e. The van der Waals surface area contributed by atoms with Gasteiger partial charge in [0.2, 0.25) is 12.3 Å². The van der Waals surface area contributed by atoms with E-state index >= 15 is 0 Å². The molecule has 1 saturated heterocycles. The highest BCUT2D eigenvalue weighted by Crippen LogP contribution is 2.16. The van der Waals surface area contributed by atoms with E-state index in [2.05, 4.69) is 5.32 Å². The fourth-order valence-corrected chi connectivity index (χ4v) is 4.90. The lowest BCUT2D eigenvalue weighted by atomic mass is 10.2. The summed E-state index contributed by atoms with van der Waals surface area (Å²) in [6, 6.07) is -0.786. The molecule has 274 valence electrons. The second-order valence-electron chi connectivity index (χ2n) is 14.5. The summed E-state index contributed by atoms with van der Waals surface area (Å²) in [6.07, 6.45) is -0.00545. The number of nitrogens with one attached hydrogen (secondary N) is 1. The van der Waals surface area contributed by atoms with Gasteiger partial charge in [0.1, 0.15) is 17.2 Å². The van der Waals surface area contributed by atoms with E-state index in [4.69, 9.17) is 18.9 Å². The Balaban J connectivity index is 3.35. The van der Waals surface area contributed by atoms with Gasteiger partial charge in [-0.05, 0) is 87.7 Å². The predicted molar refractivity (Wildman–Crippen MR) is 182 cm³/mol. The highest BCUT2D eigenvalue weighted by molar-refractivity contribution is 7.98. The maximum absolute atomic E-state index is 13.3. The molecular formula is C32H61N5O9S. The normalized spacial score (nSPS) is 18.0. The summed E-state index contributed by atoms with van der Waals surface area (Å²) in [5.41, 5.74) is -2.12. The average Bonchev–Trinajstić information content (AvgIpc) is 2.89. The number of nitrogens with zero attached hydrogens (tertiary/aromatic N) is 4. The number of aliphatic hydroxyl groups is 1. The molecule has 1 rings (SSSR count). The molecule has 14 nitrogen and oxygen atoms in total. The molecule has 0 aromatic carbocycles. The number of esters is 1. The van der Waals surface area contributed by atoms with Gasteiger partial charge in [-0.3, -0.25) is 14.6 Å². The maximum atomic E-state index is 13.3. The van der Waals surface area contributed by atoms with Gasteiger partial charge >= 0.3 is 18.2 Å². The number of ether oxygens (including phenoxy) is 4. The number of rotatable bonds is 10. The number of hydrogen-bond acceptors (Lipinski definition) is 12. The van der Waals surface area contributed by atoms with Crippen molar-refractivity contribution in [3.8, 4) is 0 Å². The van der Waals surface area contributed by atoms with Crippen molar-refractivity contribution < 1.29 is 43.2 Å². The van der Waals surface area contributed by atoms with Crippen LogP contribution >= 0.6 is 11.8 Å². The number of amides is 3. The summed E-state index contributed by atoms with van der Waals surface area (Å²) < 4.78 is 22.4. The van der Waals surface area contributed by atoms with E-state index in [1.54, 1.807) is 74.9 Å². The van der Waals surface area contributed by atoms with Crippen LogP contribution in [0.25, 0.3) is 0 Å². The van der Waals surface area contributed by atoms with Gasteiger partial charge in [0, 0.05) is 52.4 Å². The first-order chi connectivity index (χ1) is 21.6. The molecule has 2 atom stereocenters. The second kappa shape index (κ2) is 19.6. The molecule has 0 radical (unpaired) electrons. The van der Waals surface area contributed by atoms with Gasteiger partial charge in [-0.2, -0.15) is 11.8 Å². The van der Waals surface area contributed by atoms with Gasteiger partial charge in [-0.25, -0.2) is 14.4 Å². The van der Waals surface area contributed by atoms with Crippen molar-refractivity contribution in [1.29, 1.82) is 0 Å². The van der Waals surface area contributed by atoms with Crippen molar-refractivity contribution in [2.45, 2.75) is 105 Å². The first-order valence-corrected chi connectivity index (χ1v) is 17.8. The Morgan fingerprint density at radius 2 is 1.23 bits per heavy atom. The molecule has 1 heterocycles. The topological polar surface area (TPSA) is 150 Å². The summed E-state index contributed by atoms with van der Waals surface area (Å²) in [7, 11) is 0. The quantitative estimate of drug-likeness (QED) is 0.197. The molecule has 0 saturated carbocycles. The number of hydrogen-bond donors (Lipinski definition) is 2. The Bertz CT molecular complexity index is 953. The minimum absolute atomic E-state index is 0.0796. The van der Waals surface area contributed by atoms with E-state index in [0.29, 0.717) is 12.2 Å². The Labute approximate surface area is 286 Å². The lowest BCUT2D eigenvalue weighted by Gasteiger charge is -2.37. The van der Waals surface area contributed by atoms with E-state index in [1.807, 2.05) is 31.9 Å². The molecule has 1 aliphatic heterocycles. The third-order valence-electron chi connectivity index (χ3n) is 6.65.